The highest BCUT2D eigenvalue weighted by Crippen LogP contribution is 2.15. The average molecular weight is 140 g/mol. The van der Waals surface area contributed by atoms with Crippen LogP contribution < -0.4 is 11.5 Å². The molecule has 0 aromatic heterocycles. The fourth-order valence-electron chi connectivity index (χ4n) is 0.735. The lowest BCUT2D eigenvalue weighted by molar-refractivity contribution is 0.486. The molecule has 0 unspecified atom stereocenters. The first-order valence-electron chi connectivity index (χ1n) is 2.94. The summed E-state index contributed by atoms with van der Waals surface area (Å²) in [5.74, 6) is 0. The molecule has 0 aliphatic rings. The number of nitrogen functional groups attached to an aromatic ring is 2. The minimum absolute atomic E-state index is 0.419. The fourth-order valence-corrected chi connectivity index (χ4v) is 0.735. The van der Waals surface area contributed by atoms with Crippen molar-refractivity contribution in [3.8, 4) is 0 Å². The molecule has 3 heteroatoms. The Morgan fingerprint density at radius 2 is 2.00 bits per heavy atom. The third-order valence-electron chi connectivity index (χ3n) is 1.31. The fraction of sp³-hybridized carbons (Fsp3) is 0.143. The van der Waals surface area contributed by atoms with Crippen LogP contribution in [0.1, 0.15) is 5.56 Å². The molecule has 0 aliphatic heterocycles. The minimum Gasteiger partial charge on any atom is -0.399 e. The van der Waals surface area contributed by atoms with Crippen LogP contribution in [-0.4, -0.2) is 0 Å². The first-order valence-corrected chi connectivity index (χ1v) is 2.94. The Bertz CT molecular complexity index is 235. The summed E-state index contributed by atoms with van der Waals surface area (Å²) < 4.78 is 12.0. The van der Waals surface area contributed by atoms with Crippen LogP contribution in [0.4, 0.5) is 15.8 Å². The van der Waals surface area contributed by atoms with Crippen molar-refractivity contribution in [1.82, 2.24) is 0 Å². The molecule has 4 N–H and O–H groups in total. The monoisotopic (exact) mass is 140 g/mol. The van der Waals surface area contributed by atoms with E-state index >= 15 is 0 Å². The van der Waals surface area contributed by atoms with Crippen LogP contribution in [0.2, 0.25) is 0 Å². The molecule has 0 spiro atoms. The van der Waals surface area contributed by atoms with Crippen molar-refractivity contribution in [3.63, 3.8) is 0 Å². The van der Waals surface area contributed by atoms with Crippen LogP contribution in [0, 0.1) is 0 Å². The number of benzene rings is 1. The minimum atomic E-state index is -0.536. The normalized spacial score (nSPS) is 9.70. The largest absolute Gasteiger partial charge is 0.399 e. The lowest BCUT2D eigenvalue weighted by atomic mass is 10.2. The van der Waals surface area contributed by atoms with E-state index < -0.39 is 6.67 Å². The van der Waals surface area contributed by atoms with E-state index in [1.54, 1.807) is 18.2 Å². The van der Waals surface area contributed by atoms with Crippen LogP contribution in [0.25, 0.3) is 0 Å². The SMILES string of the molecule is Nc1ccc(CF)c(N)c1. The van der Waals surface area contributed by atoms with Crippen molar-refractivity contribution in [2.75, 3.05) is 11.5 Å². The molecule has 0 bridgehead atoms. The van der Waals surface area contributed by atoms with E-state index in [0.717, 1.165) is 0 Å². The topological polar surface area (TPSA) is 52.0 Å². The third kappa shape index (κ3) is 1.18. The quantitative estimate of drug-likeness (QED) is 0.578. The molecule has 0 saturated carbocycles. The number of alkyl halides is 1. The standard InChI is InChI=1S/C7H9FN2/c8-4-5-1-2-6(9)3-7(5)10/h1-3H,4,9-10H2. The molecule has 54 valence electrons. The summed E-state index contributed by atoms with van der Waals surface area (Å²) in [4.78, 5) is 0. The van der Waals surface area contributed by atoms with Crippen molar-refractivity contribution in [1.29, 1.82) is 0 Å². The lowest BCUT2D eigenvalue weighted by Crippen LogP contribution is -1.94. The number of rotatable bonds is 1. The van der Waals surface area contributed by atoms with Crippen LogP contribution in [-0.2, 0) is 6.67 Å². The van der Waals surface area contributed by atoms with Gasteiger partial charge in [0, 0.05) is 16.9 Å². The van der Waals surface area contributed by atoms with Gasteiger partial charge in [-0.3, -0.25) is 0 Å². The predicted molar refractivity (Wildman–Crippen MR) is 40.1 cm³/mol. The number of hydrogen-bond donors (Lipinski definition) is 2. The average Bonchev–Trinajstić information content (AvgIpc) is 1.88. The zero-order chi connectivity index (χ0) is 7.56. The van der Waals surface area contributed by atoms with Crippen LogP contribution in [0.5, 0.6) is 0 Å². The van der Waals surface area contributed by atoms with Crippen molar-refractivity contribution in [2.45, 2.75) is 6.67 Å². The first kappa shape index (κ1) is 6.86. The maximum absolute atomic E-state index is 12.0. The molecule has 0 fully saturated rings. The van der Waals surface area contributed by atoms with Gasteiger partial charge in [-0.2, -0.15) is 0 Å². The van der Waals surface area contributed by atoms with Gasteiger partial charge in [-0.15, -0.1) is 0 Å². The predicted octanol–water partition coefficient (Wildman–Crippen LogP) is 1.32. The van der Waals surface area contributed by atoms with Gasteiger partial charge in [0.1, 0.15) is 6.67 Å². The van der Waals surface area contributed by atoms with Gasteiger partial charge in [-0.05, 0) is 12.1 Å². The number of anilines is 2. The number of nitrogens with two attached hydrogens (primary N) is 2. The summed E-state index contributed by atoms with van der Waals surface area (Å²) in [5.41, 5.74) is 12.3. The summed E-state index contributed by atoms with van der Waals surface area (Å²) in [6, 6.07) is 4.77. The molecule has 10 heavy (non-hydrogen) atoms. The van der Waals surface area contributed by atoms with Gasteiger partial charge in [-0.25, -0.2) is 4.39 Å². The Morgan fingerprint density at radius 3 is 2.50 bits per heavy atom. The van der Waals surface area contributed by atoms with E-state index in [0.29, 0.717) is 16.9 Å². The van der Waals surface area contributed by atoms with Gasteiger partial charge < -0.3 is 11.5 Å². The van der Waals surface area contributed by atoms with Crippen LogP contribution >= 0.6 is 0 Å². The van der Waals surface area contributed by atoms with Crippen LogP contribution in [0.15, 0.2) is 18.2 Å². The molecule has 1 aromatic carbocycles. The van der Waals surface area contributed by atoms with E-state index in [4.69, 9.17) is 11.5 Å². The summed E-state index contributed by atoms with van der Waals surface area (Å²) in [5, 5.41) is 0. The zero-order valence-corrected chi connectivity index (χ0v) is 5.47. The Balaban J connectivity index is 3.07. The van der Waals surface area contributed by atoms with Crippen molar-refractivity contribution >= 4 is 11.4 Å². The van der Waals surface area contributed by atoms with Crippen molar-refractivity contribution in [2.24, 2.45) is 0 Å². The number of halogens is 1. The molecule has 2 nitrogen and oxygen atoms in total. The zero-order valence-electron chi connectivity index (χ0n) is 5.47. The summed E-state index contributed by atoms with van der Waals surface area (Å²) in [6.45, 7) is -0.536. The van der Waals surface area contributed by atoms with Crippen molar-refractivity contribution < 1.29 is 4.39 Å². The van der Waals surface area contributed by atoms with Gasteiger partial charge in [0.15, 0.2) is 0 Å². The van der Waals surface area contributed by atoms with Gasteiger partial charge in [0.2, 0.25) is 0 Å². The second kappa shape index (κ2) is 2.56. The lowest BCUT2D eigenvalue weighted by Gasteiger charge is -2.00. The molecular formula is C7H9FN2. The molecule has 1 aromatic rings. The Labute approximate surface area is 58.6 Å². The highest BCUT2D eigenvalue weighted by Gasteiger charge is 1.96. The number of hydrogen-bond acceptors (Lipinski definition) is 2. The van der Waals surface area contributed by atoms with Crippen LogP contribution in [0.3, 0.4) is 0 Å². The van der Waals surface area contributed by atoms with Gasteiger partial charge in [-0.1, -0.05) is 6.07 Å². The summed E-state index contributed by atoms with van der Waals surface area (Å²) in [6.07, 6.45) is 0. The molecule has 0 amide bonds. The molecule has 0 atom stereocenters. The maximum Gasteiger partial charge on any atom is 0.116 e. The summed E-state index contributed by atoms with van der Waals surface area (Å²) >= 11 is 0. The molecule has 0 aliphatic carbocycles. The van der Waals surface area contributed by atoms with E-state index in [1.165, 1.54) is 0 Å². The highest BCUT2D eigenvalue weighted by molar-refractivity contribution is 5.56. The second-order valence-electron chi connectivity index (χ2n) is 2.09. The van der Waals surface area contributed by atoms with Gasteiger partial charge in [0.25, 0.3) is 0 Å². The van der Waals surface area contributed by atoms with E-state index in [1.807, 2.05) is 0 Å². The van der Waals surface area contributed by atoms with E-state index in [2.05, 4.69) is 0 Å². The smallest absolute Gasteiger partial charge is 0.116 e. The maximum atomic E-state index is 12.0. The molecular weight excluding hydrogens is 131 g/mol. The Kier molecular flexibility index (Phi) is 1.76. The molecule has 0 heterocycles. The Morgan fingerprint density at radius 1 is 1.30 bits per heavy atom. The molecule has 1 rings (SSSR count). The Hall–Kier alpha value is -1.25. The van der Waals surface area contributed by atoms with E-state index in [-0.39, 0.29) is 0 Å². The van der Waals surface area contributed by atoms with Gasteiger partial charge >= 0.3 is 0 Å². The second-order valence-corrected chi connectivity index (χ2v) is 2.09. The van der Waals surface area contributed by atoms with Gasteiger partial charge in [0.05, 0.1) is 0 Å². The molecule has 0 radical (unpaired) electrons. The van der Waals surface area contributed by atoms with E-state index in [9.17, 15) is 4.39 Å². The molecule has 0 saturated heterocycles. The third-order valence-corrected chi connectivity index (χ3v) is 1.31. The van der Waals surface area contributed by atoms with Crippen molar-refractivity contribution in [3.05, 3.63) is 23.8 Å². The first-order chi connectivity index (χ1) is 4.74. The summed E-state index contributed by atoms with van der Waals surface area (Å²) in [7, 11) is 0. The highest BCUT2D eigenvalue weighted by atomic mass is 19.1.